The molecule has 0 aliphatic carbocycles. The minimum absolute atomic E-state index is 0.0508. The van der Waals surface area contributed by atoms with E-state index in [9.17, 15) is 4.79 Å². The number of carbonyl (C=O) groups is 1. The van der Waals surface area contributed by atoms with Crippen LogP contribution in [0.1, 0.15) is 11.3 Å². The molecule has 3 aromatic rings. The Morgan fingerprint density at radius 2 is 2.03 bits per heavy atom. The molecule has 2 aromatic heterocycles. The van der Waals surface area contributed by atoms with Crippen molar-refractivity contribution in [3.8, 4) is 0 Å². The Morgan fingerprint density at radius 3 is 2.77 bits per heavy atom. The molecule has 1 aromatic carbocycles. The van der Waals surface area contributed by atoms with E-state index >= 15 is 0 Å². The van der Waals surface area contributed by atoms with Crippen LogP contribution in [0, 0.1) is 6.92 Å². The molecule has 0 unspecified atom stereocenters. The number of anilines is 1. The van der Waals surface area contributed by atoms with Crippen LogP contribution >= 0.6 is 11.6 Å². The van der Waals surface area contributed by atoms with Crippen molar-refractivity contribution in [3.05, 3.63) is 52.8 Å². The van der Waals surface area contributed by atoms with Gasteiger partial charge in [0.05, 0.1) is 11.9 Å². The van der Waals surface area contributed by atoms with Crippen molar-refractivity contribution in [2.45, 2.75) is 13.5 Å². The van der Waals surface area contributed by atoms with Crippen molar-refractivity contribution in [3.63, 3.8) is 0 Å². The SMILES string of the molecule is Cc1cc(N2CCN(C(=O)Cn3nc(C4=NCCN4)c4cccnc43)CC2)ccc1Cl. The van der Waals surface area contributed by atoms with Crippen molar-refractivity contribution in [1.82, 2.24) is 25.0 Å². The zero-order valence-electron chi connectivity index (χ0n) is 17.4. The fourth-order valence-electron chi connectivity index (χ4n) is 4.12. The highest BCUT2D eigenvalue weighted by Gasteiger charge is 2.24. The van der Waals surface area contributed by atoms with Crippen molar-refractivity contribution in [2.24, 2.45) is 4.99 Å². The van der Waals surface area contributed by atoms with Gasteiger partial charge in [-0.15, -0.1) is 0 Å². The Kier molecular flexibility index (Phi) is 5.23. The standard InChI is InChI=1S/C22H24ClN7O/c1-15-13-16(4-5-18(15)23)28-9-11-29(12-10-28)19(31)14-30-22-17(3-2-6-26-22)20(27-30)21-24-7-8-25-21/h2-6,13H,7-12,14H2,1H3,(H,24,25). The van der Waals surface area contributed by atoms with Crippen molar-refractivity contribution in [2.75, 3.05) is 44.2 Å². The number of aliphatic imine (C=N–C) groups is 1. The monoisotopic (exact) mass is 437 g/mol. The number of rotatable bonds is 4. The van der Waals surface area contributed by atoms with Crippen LogP contribution in [0.25, 0.3) is 11.0 Å². The van der Waals surface area contributed by atoms with Gasteiger partial charge in [0.25, 0.3) is 0 Å². The highest BCUT2D eigenvalue weighted by atomic mass is 35.5. The lowest BCUT2D eigenvalue weighted by atomic mass is 10.2. The average molecular weight is 438 g/mol. The van der Waals surface area contributed by atoms with Crippen LogP contribution in [-0.2, 0) is 11.3 Å². The van der Waals surface area contributed by atoms with Gasteiger partial charge < -0.3 is 15.1 Å². The number of hydrogen-bond acceptors (Lipinski definition) is 6. The number of nitrogens with zero attached hydrogens (tertiary/aromatic N) is 6. The lowest BCUT2D eigenvalue weighted by molar-refractivity contribution is -0.132. The second-order valence-corrected chi connectivity index (χ2v) is 8.25. The quantitative estimate of drug-likeness (QED) is 0.676. The highest BCUT2D eigenvalue weighted by Crippen LogP contribution is 2.24. The topological polar surface area (TPSA) is 78.7 Å². The Balaban J connectivity index is 1.29. The molecule has 2 aliphatic heterocycles. The Labute approximate surface area is 185 Å². The molecule has 0 spiro atoms. The van der Waals surface area contributed by atoms with E-state index in [1.807, 2.05) is 36.1 Å². The number of pyridine rings is 1. The van der Waals surface area contributed by atoms with Gasteiger partial charge in [0.2, 0.25) is 5.91 Å². The van der Waals surface area contributed by atoms with Crippen LogP contribution < -0.4 is 10.2 Å². The van der Waals surface area contributed by atoms with Gasteiger partial charge in [-0.2, -0.15) is 5.10 Å². The van der Waals surface area contributed by atoms with Gasteiger partial charge in [-0.05, 0) is 42.8 Å². The Hall–Kier alpha value is -3.13. The van der Waals surface area contributed by atoms with Gasteiger partial charge in [0, 0.05) is 49.6 Å². The fraction of sp³-hybridized carbons (Fsp3) is 0.364. The Bertz CT molecular complexity index is 1160. The highest BCUT2D eigenvalue weighted by molar-refractivity contribution is 6.31. The number of amidine groups is 1. The summed E-state index contributed by atoms with van der Waals surface area (Å²) in [5.74, 6) is 0.825. The van der Waals surface area contributed by atoms with E-state index in [2.05, 4.69) is 31.4 Å². The third-order valence-corrected chi connectivity index (χ3v) is 6.25. The number of fused-ring (bicyclic) bond motifs is 1. The first-order valence-electron chi connectivity index (χ1n) is 10.5. The molecule has 5 rings (SSSR count). The summed E-state index contributed by atoms with van der Waals surface area (Å²) in [7, 11) is 0. The van der Waals surface area contributed by atoms with E-state index in [1.165, 1.54) is 0 Å². The molecule has 160 valence electrons. The largest absolute Gasteiger partial charge is 0.368 e. The van der Waals surface area contributed by atoms with Crippen LogP contribution in [0.15, 0.2) is 41.5 Å². The number of amides is 1. The van der Waals surface area contributed by atoms with E-state index in [-0.39, 0.29) is 12.5 Å². The predicted octanol–water partition coefficient (Wildman–Crippen LogP) is 2.09. The summed E-state index contributed by atoms with van der Waals surface area (Å²) in [6, 6.07) is 9.92. The van der Waals surface area contributed by atoms with Crippen LogP contribution in [0.2, 0.25) is 5.02 Å². The van der Waals surface area contributed by atoms with E-state index in [1.54, 1.807) is 10.9 Å². The first-order valence-corrected chi connectivity index (χ1v) is 10.9. The molecule has 31 heavy (non-hydrogen) atoms. The molecule has 1 saturated heterocycles. The molecule has 8 nitrogen and oxygen atoms in total. The number of carbonyl (C=O) groups excluding carboxylic acids is 1. The number of aryl methyl sites for hydroxylation is 1. The maximum absolute atomic E-state index is 13.0. The van der Waals surface area contributed by atoms with Gasteiger partial charge in [0.1, 0.15) is 18.1 Å². The predicted molar refractivity (Wildman–Crippen MR) is 122 cm³/mol. The summed E-state index contributed by atoms with van der Waals surface area (Å²) in [6.45, 7) is 6.65. The van der Waals surface area contributed by atoms with Gasteiger partial charge in [0.15, 0.2) is 5.65 Å². The molecule has 0 bridgehead atoms. The minimum Gasteiger partial charge on any atom is -0.368 e. The molecular weight excluding hydrogens is 414 g/mol. The molecule has 1 fully saturated rings. The number of benzene rings is 1. The van der Waals surface area contributed by atoms with Crippen molar-refractivity contribution < 1.29 is 4.79 Å². The summed E-state index contributed by atoms with van der Waals surface area (Å²) >= 11 is 6.15. The smallest absolute Gasteiger partial charge is 0.244 e. The average Bonchev–Trinajstić information content (AvgIpc) is 3.44. The van der Waals surface area contributed by atoms with E-state index in [4.69, 9.17) is 11.6 Å². The zero-order chi connectivity index (χ0) is 21.4. The van der Waals surface area contributed by atoms with Crippen LogP contribution in [-0.4, -0.2) is 70.7 Å². The summed E-state index contributed by atoms with van der Waals surface area (Å²) in [4.78, 5) is 26.2. The maximum atomic E-state index is 13.0. The normalized spacial score (nSPS) is 16.5. The summed E-state index contributed by atoms with van der Waals surface area (Å²) in [5, 5.41) is 9.62. The summed E-state index contributed by atoms with van der Waals surface area (Å²) in [6.07, 6.45) is 1.73. The van der Waals surface area contributed by atoms with Gasteiger partial charge in [-0.1, -0.05) is 11.6 Å². The van der Waals surface area contributed by atoms with Crippen molar-refractivity contribution >= 4 is 40.1 Å². The number of hydrogen-bond donors (Lipinski definition) is 1. The third-order valence-electron chi connectivity index (χ3n) is 5.83. The minimum atomic E-state index is 0.0508. The molecule has 9 heteroatoms. The molecule has 4 heterocycles. The second-order valence-electron chi connectivity index (χ2n) is 7.84. The fourth-order valence-corrected chi connectivity index (χ4v) is 4.24. The van der Waals surface area contributed by atoms with E-state index < -0.39 is 0 Å². The van der Waals surface area contributed by atoms with Crippen molar-refractivity contribution in [1.29, 1.82) is 0 Å². The van der Waals surface area contributed by atoms with Gasteiger partial charge in [-0.3, -0.25) is 9.79 Å². The van der Waals surface area contributed by atoms with Crippen LogP contribution in [0.5, 0.6) is 0 Å². The molecule has 2 aliphatic rings. The number of nitrogens with one attached hydrogen (secondary N) is 1. The Morgan fingerprint density at radius 1 is 1.19 bits per heavy atom. The molecule has 0 radical (unpaired) electrons. The first kappa shape index (κ1) is 19.8. The third kappa shape index (κ3) is 3.83. The lowest BCUT2D eigenvalue weighted by Gasteiger charge is -2.36. The first-order chi connectivity index (χ1) is 15.1. The zero-order valence-corrected chi connectivity index (χ0v) is 18.1. The number of aromatic nitrogens is 3. The van der Waals surface area contributed by atoms with Crippen LogP contribution in [0.4, 0.5) is 5.69 Å². The van der Waals surface area contributed by atoms with E-state index in [0.29, 0.717) is 18.7 Å². The second kappa shape index (κ2) is 8.19. The summed E-state index contributed by atoms with van der Waals surface area (Å²) < 4.78 is 1.70. The molecule has 1 amide bonds. The number of halogens is 1. The van der Waals surface area contributed by atoms with E-state index in [0.717, 1.165) is 59.4 Å². The van der Waals surface area contributed by atoms with Crippen LogP contribution in [0.3, 0.4) is 0 Å². The van der Waals surface area contributed by atoms with Gasteiger partial charge in [-0.25, -0.2) is 9.67 Å². The molecule has 0 saturated carbocycles. The molecular formula is C22H24ClN7O. The number of piperazine rings is 1. The van der Waals surface area contributed by atoms with Gasteiger partial charge >= 0.3 is 0 Å². The maximum Gasteiger partial charge on any atom is 0.244 e. The lowest BCUT2D eigenvalue weighted by Crippen LogP contribution is -2.49. The molecule has 1 N–H and O–H groups in total. The molecule has 0 atom stereocenters. The summed E-state index contributed by atoms with van der Waals surface area (Å²) in [5.41, 5.74) is 3.67.